The zero-order valence-electron chi connectivity index (χ0n) is 19.6. The number of primary amides is 1. The van der Waals surface area contributed by atoms with Crippen molar-refractivity contribution in [1.29, 1.82) is 0 Å². The van der Waals surface area contributed by atoms with Gasteiger partial charge in [0.1, 0.15) is 23.0 Å². The molecule has 2 aromatic heterocycles. The largest absolute Gasteiger partial charge is 0.494 e. The molecule has 0 spiro atoms. The SMILES string of the molecule is COc1ccc(-c2nc(C(=O)N[C@@H](CC(C)C)C(N)=O)c([C@H](C)N)o2)c2ccc(C(F)(F)F)nc12. The molecular weight excluding hydrogens is 467 g/mol. The number of halogens is 3. The number of pyridine rings is 1. The zero-order chi connectivity index (χ0) is 26.1. The third-order valence-electron chi connectivity index (χ3n) is 5.20. The summed E-state index contributed by atoms with van der Waals surface area (Å²) in [6.45, 7) is 5.32. The maximum absolute atomic E-state index is 13.2. The fourth-order valence-corrected chi connectivity index (χ4v) is 3.56. The van der Waals surface area contributed by atoms with E-state index in [-0.39, 0.29) is 45.5 Å². The fraction of sp³-hybridized carbons (Fsp3) is 0.391. The second-order valence-electron chi connectivity index (χ2n) is 8.48. The second-order valence-corrected chi connectivity index (χ2v) is 8.48. The van der Waals surface area contributed by atoms with E-state index in [1.54, 1.807) is 6.92 Å². The summed E-state index contributed by atoms with van der Waals surface area (Å²) in [5.74, 6) is -1.25. The summed E-state index contributed by atoms with van der Waals surface area (Å²) < 4.78 is 50.6. The van der Waals surface area contributed by atoms with Crippen molar-refractivity contribution in [2.45, 2.75) is 45.5 Å². The summed E-state index contributed by atoms with van der Waals surface area (Å²) in [6.07, 6.45) is -4.34. The summed E-state index contributed by atoms with van der Waals surface area (Å²) in [5, 5.41) is 2.82. The smallest absolute Gasteiger partial charge is 0.433 e. The van der Waals surface area contributed by atoms with Gasteiger partial charge in [-0.05, 0) is 43.5 Å². The fourth-order valence-electron chi connectivity index (χ4n) is 3.56. The summed E-state index contributed by atoms with van der Waals surface area (Å²) in [6, 6.07) is 3.32. The van der Waals surface area contributed by atoms with Crippen LogP contribution in [0.25, 0.3) is 22.4 Å². The maximum Gasteiger partial charge on any atom is 0.433 e. The molecule has 0 saturated carbocycles. The first-order valence-corrected chi connectivity index (χ1v) is 10.7. The van der Waals surface area contributed by atoms with E-state index < -0.39 is 35.8 Å². The Bertz CT molecular complexity index is 1250. The van der Waals surface area contributed by atoms with Crippen LogP contribution in [0.15, 0.2) is 28.7 Å². The molecule has 3 rings (SSSR count). The number of alkyl halides is 3. The van der Waals surface area contributed by atoms with Crippen molar-refractivity contribution in [3.05, 3.63) is 41.4 Å². The van der Waals surface area contributed by atoms with Gasteiger partial charge in [-0.1, -0.05) is 13.8 Å². The van der Waals surface area contributed by atoms with E-state index in [1.807, 2.05) is 13.8 Å². The predicted molar refractivity (Wildman–Crippen MR) is 121 cm³/mol. The molecule has 0 aliphatic rings. The number of hydrogen-bond acceptors (Lipinski definition) is 7. The number of amides is 2. The van der Waals surface area contributed by atoms with Crippen molar-refractivity contribution < 1.29 is 31.9 Å². The minimum absolute atomic E-state index is 0.0362. The molecule has 0 saturated heterocycles. The van der Waals surface area contributed by atoms with E-state index in [2.05, 4.69) is 15.3 Å². The Morgan fingerprint density at radius 1 is 1.14 bits per heavy atom. The molecule has 0 fully saturated rings. The van der Waals surface area contributed by atoms with Gasteiger partial charge in [0.2, 0.25) is 11.8 Å². The number of nitrogens with one attached hydrogen (secondary N) is 1. The molecule has 0 radical (unpaired) electrons. The number of nitrogens with two attached hydrogens (primary N) is 2. The number of methoxy groups -OCH3 is 1. The van der Waals surface area contributed by atoms with Crippen molar-refractivity contribution in [1.82, 2.24) is 15.3 Å². The number of hydrogen-bond donors (Lipinski definition) is 3. The molecule has 9 nitrogen and oxygen atoms in total. The van der Waals surface area contributed by atoms with Crippen molar-refractivity contribution in [3.8, 4) is 17.2 Å². The van der Waals surface area contributed by atoms with Gasteiger partial charge in [-0.3, -0.25) is 9.59 Å². The first kappa shape index (κ1) is 25.9. The molecule has 188 valence electrons. The Hall–Kier alpha value is -3.67. The number of fused-ring (bicyclic) bond motifs is 1. The van der Waals surface area contributed by atoms with Crippen LogP contribution < -0.4 is 21.5 Å². The van der Waals surface area contributed by atoms with Gasteiger partial charge in [0.15, 0.2) is 11.5 Å². The minimum atomic E-state index is -4.65. The van der Waals surface area contributed by atoms with Gasteiger partial charge in [-0.25, -0.2) is 9.97 Å². The monoisotopic (exact) mass is 493 g/mol. The van der Waals surface area contributed by atoms with Crippen LogP contribution in [0, 0.1) is 5.92 Å². The lowest BCUT2D eigenvalue weighted by Crippen LogP contribution is -2.45. The number of carbonyl (C=O) groups excluding carboxylic acids is 2. The highest BCUT2D eigenvalue weighted by atomic mass is 19.4. The van der Waals surface area contributed by atoms with E-state index >= 15 is 0 Å². The Morgan fingerprint density at radius 2 is 1.83 bits per heavy atom. The highest BCUT2D eigenvalue weighted by molar-refractivity contribution is 5.99. The van der Waals surface area contributed by atoms with Crippen molar-refractivity contribution in [3.63, 3.8) is 0 Å². The Labute approximate surface area is 199 Å². The molecule has 2 atom stereocenters. The van der Waals surface area contributed by atoms with E-state index in [4.69, 9.17) is 20.6 Å². The van der Waals surface area contributed by atoms with Crippen LogP contribution in [0.3, 0.4) is 0 Å². The molecule has 2 heterocycles. The van der Waals surface area contributed by atoms with Crippen molar-refractivity contribution >= 4 is 22.7 Å². The van der Waals surface area contributed by atoms with Crippen LogP contribution in [-0.4, -0.2) is 34.9 Å². The number of aromatic nitrogens is 2. The van der Waals surface area contributed by atoms with Crippen LogP contribution in [0.4, 0.5) is 13.2 Å². The van der Waals surface area contributed by atoms with E-state index in [9.17, 15) is 22.8 Å². The van der Waals surface area contributed by atoms with Gasteiger partial charge in [0, 0.05) is 10.9 Å². The Kier molecular flexibility index (Phi) is 7.34. The van der Waals surface area contributed by atoms with Crippen molar-refractivity contribution in [2.75, 3.05) is 7.11 Å². The van der Waals surface area contributed by atoms with Crippen LogP contribution >= 0.6 is 0 Å². The lowest BCUT2D eigenvalue weighted by molar-refractivity contribution is -0.141. The molecule has 35 heavy (non-hydrogen) atoms. The van der Waals surface area contributed by atoms with Gasteiger partial charge < -0.3 is 25.9 Å². The first-order chi connectivity index (χ1) is 16.3. The highest BCUT2D eigenvalue weighted by Crippen LogP contribution is 2.37. The van der Waals surface area contributed by atoms with E-state index in [1.165, 1.54) is 25.3 Å². The van der Waals surface area contributed by atoms with Crippen LogP contribution in [0.2, 0.25) is 0 Å². The summed E-state index contributed by atoms with van der Waals surface area (Å²) in [4.78, 5) is 32.8. The standard InChI is InChI=1S/C23H26F3N5O4/c1-10(2)9-14(20(28)32)29-21(33)18-19(11(3)27)35-22(31-18)13-5-7-15(34-4)17-12(13)6-8-16(30-17)23(24,25)26/h5-8,10-11,14H,9,27H2,1-4H3,(H2,28,32)(H,29,33)/t11-,14-/m0/s1. The van der Waals surface area contributed by atoms with Crippen LogP contribution in [0.1, 0.15) is 55.2 Å². The first-order valence-electron chi connectivity index (χ1n) is 10.7. The summed E-state index contributed by atoms with van der Waals surface area (Å²) in [5.41, 5.74) is 10.4. The van der Waals surface area contributed by atoms with Crippen molar-refractivity contribution in [2.24, 2.45) is 17.4 Å². The van der Waals surface area contributed by atoms with Gasteiger partial charge in [0.25, 0.3) is 5.91 Å². The topological polar surface area (TPSA) is 146 Å². The molecule has 0 unspecified atom stereocenters. The van der Waals surface area contributed by atoms with Crippen LogP contribution in [-0.2, 0) is 11.0 Å². The Balaban J connectivity index is 2.11. The third kappa shape index (κ3) is 5.53. The van der Waals surface area contributed by atoms with Gasteiger partial charge in [-0.15, -0.1) is 0 Å². The Morgan fingerprint density at radius 3 is 2.37 bits per heavy atom. The molecule has 0 aliphatic carbocycles. The second kappa shape index (κ2) is 9.90. The lowest BCUT2D eigenvalue weighted by atomic mass is 10.0. The average Bonchev–Trinajstić information content (AvgIpc) is 3.22. The lowest BCUT2D eigenvalue weighted by Gasteiger charge is -2.17. The maximum atomic E-state index is 13.2. The van der Waals surface area contributed by atoms with Gasteiger partial charge in [0.05, 0.1) is 13.2 Å². The molecular formula is C23H26F3N5O4. The number of rotatable bonds is 8. The number of carbonyl (C=O) groups is 2. The molecule has 5 N–H and O–H groups in total. The molecule has 0 bridgehead atoms. The number of oxazole rings is 1. The number of ether oxygens (including phenoxy) is 1. The number of nitrogens with zero attached hydrogens (tertiary/aromatic N) is 2. The number of benzene rings is 1. The molecule has 2 amide bonds. The molecule has 1 aromatic carbocycles. The van der Waals surface area contributed by atoms with Gasteiger partial charge >= 0.3 is 6.18 Å². The highest BCUT2D eigenvalue weighted by Gasteiger charge is 2.33. The molecule has 12 heteroatoms. The predicted octanol–water partition coefficient (Wildman–Crippen LogP) is 3.57. The van der Waals surface area contributed by atoms with Gasteiger partial charge in [-0.2, -0.15) is 13.2 Å². The molecule has 3 aromatic rings. The third-order valence-corrected chi connectivity index (χ3v) is 5.20. The quantitative estimate of drug-likeness (QED) is 0.435. The average molecular weight is 493 g/mol. The normalized spacial score (nSPS) is 13.6. The summed E-state index contributed by atoms with van der Waals surface area (Å²) in [7, 11) is 1.31. The van der Waals surface area contributed by atoms with Crippen LogP contribution in [0.5, 0.6) is 5.75 Å². The summed E-state index contributed by atoms with van der Waals surface area (Å²) >= 11 is 0. The molecule has 0 aliphatic heterocycles. The zero-order valence-corrected chi connectivity index (χ0v) is 19.6. The minimum Gasteiger partial charge on any atom is -0.494 e. The van der Waals surface area contributed by atoms with E-state index in [0.29, 0.717) is 6.42 Å². The van der Waals surface area contributed by atoms with E-state index in [0.717, 1.165) is 6.07 Å².